The summed E-state index contributed by atoms with van der Waals surface area (Å²) in [5, 5.41) is 3.03. The first-order valence-electron chi connectivity index (χ1n) is 7.61. The molecule has 116 valence electrons. The van der Waals surface area contributed by atoms with Crippen molar-refractivity contribution in [3.63, 3.8) is 0 Å². The second-order valence-corrected chi connectivity index (χ2v) is 6.75. The number of thiazole rings is 1. The molecule has 5 heteroatoms. The van der Waals surface area contributed by atoms with Crippen molar-refractivity contribution in [2.45, 2.75) is 39.2 Å². The molecule has 22 heavy (non-hydrogen) atoms. The molecule has 1 unspecified atom stereocenters. The van der Waals surface area contributed by atoms with Crippen molar-refractivity contribution in [3.05, 3.63) is 40.3 Å². The number of carbonyl (C=O) groups is 1. The van der Waals surface area contributed by atoms with E-state index in [0.29, 0.717) is 0 Å². The number of para-hydroxylation sites is 2. The lowest BCUT2D eigenvalue weighted by molar-refractivity contribution is -0.120. The number of benzene rings is 1. The zero-order valence-corrected chi connectivity index (χ0v) is 13.7. The van der Waals surface area contributed by atoms with E-state index in [-0.39, 0.29) is 17.9 Å². The number of amides is 1. The zero-order valence-electron chi connectivity index (χ0n) is 12.8. The van der Waals surface area contributed by atoms with Crippen molar-refractivity contribution in [2.24, 2.45) is 5.92 Å². The third-order valence-corrected chi connectivity index (χ3v) is 4.66. The highest BCUT2D eigenvalue weighted by molar-refractivity contribution is 7.09. The maximum Gasteiger partial charge on any atom is 0.227 e. The van der Waals surface area contributed by atoms with Crippen molar-refractivity contribution in [2.75, 3.05) is 5.32 Å². The summed E-state index contributed by atoms with van der Waals surface area (Å²) in [6.07, 6.45) is 2.61. The fraction of sp³-hybridized carbons (Fsp3) is 0.412. The van der Waals surface area contributed by atoms with Crippen LogP contribution in [0.5, 0.6) is 5.75 Å². The van der Waals surface area contributed by atoms with Gasteiger partial charge in [-0.2, -0.15) is 0 Å². The standard InChI is InChI=1S/C17H20N2O2S/c1-11(2)21-15-6-4-3-5-13(15)19-17(20)12-7-8-14-16(9-12)22-10-18-14/h3-6,10-12H,7-9H2,1-2H3,(H,19,20). The van der Waals surface area contributed by atoms with E-state index in [2.05, 4.69) is 10.3 Å². The van der Waals surface area contributed by atoms with Gasteiger partial charge in [0.05, 0.1) is 23.0 Å². The Balaban J connectivity index is 1.70. The summed E-state index contributed by atoms with van der Waals surface area (Å²) in [6.45, 7) is 3.95. The molecule has 2 aromatic rings. The van der Waals surface area contributed by atoms with E-state index in [1.165, 1.54) is 4.88 Å². The van der Waals surface area contributed by atoms with Crippen LogP contribution in [0.25, 0.3) is 0 Å². The molecule has 0 spiro atoms. The van der Waals surface area contributed by atoms with E-state index in [1.807, 2.05) is 43.6 Å². The Morgan fingerprint density at radius 1 is 1.41 bits per heavy atom. The smallest absolute Gasteiger partial charge is 0.227 e. The van der Waals surface area contributed by atoms with E-state index in [0.717, 1.165) is 36.4 Å². The molecular weight excluding hydrogens is 296 g/mol. The van der Waals surface area contributed by atoms with Gasteiger partial charge in [0, 0.05) is 10.8 Å². The number of anilines is 1. The Morgan fingerprint density at radius 2 is 2.23 bits per heavy atom. The van der Waals surface area contributed by atoms with Gasteiger partial charge in [-0.05, 0) is 45.2 Å². The van der Waals surface area contributed by atoms with E-state index < -0.39 is 0 Å². The molecule has 1 N–H and O–H groups in total. The molecule has 4 nitrogen and oxygen atoms in total. The number of hydrogen-bond acceptors (Lipinski definition) is 4. The Labute approximate surface area is 134 Å². The number of carbonyl (C=O) groups excluding carboxylic acids is 1. The third kappa shape index (κ3) is 3.30. The molecule has 1 amide bonds. The average molecular weight is 316 g/mol. The Morgan fingerprint density at radius 3 is 3.05 bits per heavy atom. The molecule has 1 aromatic heterocycles. The van der Waals surface area contributed by atoms with Gasteiger partial charge in [-0.25, -0.2) is 4.98 Å². The van der Waals surface area contributed by atoms with Crippen LogP contribution in [0.2, 0.25) is 0 Å². The number of fused-ring (bicyclic) bond motifs is 1. The van der Waals surface area contributed by atoms with Crippen molar-refractivity contribution < 1.29 is 9.53 Å². The maximum atomic E-state index is 12.6. The van der Waals surface area contributed by atoms with Gasteiger partial charge in [0.15, 0.2) is 0 Å². The van der Waals surface area contributed by atoms with Crippen LogP contribution in [0.3, 0.4) is 0 Å². The van der Waals surface area contributed by atoms with Gasteiger partial charge in [-0.3, -0.25) is 4.79 Å². The van der Waals surface area contributed by atoms with Crippen LogP contribution >= 0.6 is 11.3 Å². The molecule has 1 aliphatic carbocycles. The highest BCUT2D eigenvalue weighted by Gasteiger charge is 2.26. The molecule has 1 aliphatic rings. The van der Waals surface area contributed by atoms with E-state index >= 15 is 0 Å². The first-order chi connectivity index (χ1) is 10.6. The minimum atomic E-state index is 0.0139. The Hall–Kier alpha value is -1.88. The van der Waals surface area contributed by atoms with Crippen molar-refractivity contribution in [1.82, 2.24) is 4.98 Å². The van der Waals surface area contributed by atoms with Crippen LogP contribution in [0.15, 0.2) is 29.8 Å². The number of aryl methyl sites for hydroxylation is 1. The molecule has 0 aliphatic heterocycles. The SMILES string of the molecule is CC(C)Oc1ccccc1NC(=O)C1CCc2ncsc2C1. The predicted octanol–water partition coefficient (Wildman–Crippen LogP) is 3.67. The lowest BCUT2D eigenvalue weighted by atomic mass is 9.90. The van der Waals surface area contributed by atoms with Crippen molar-refractivity contribution in [1.29, 1.82) is 0 Å². The number of hydrogen-bond donors (Lipinski definition) is 1. The Kier molecular flexibility index (Phi) is 4.43. The zero-order chi connectivity index (χ0) is 15.5. The van der Waals surface area contributed by atoms with Crippen LogP contribution < -0.4 is 10.1 Å². The van der Waals surface area contributed by atoms with Gasteiger partial charge in [-0.1, -0.05) is 12.1 Å². The van der Waals surface area contributed by atoms with Gasteiger partial charge in [0.1, 0.15) is 5.75 Å². The molecule has 1 atom stereocenters. The molecule has 0 saturated carbocycles. The lowest BCUT2D eigenvalue weighted by Gasteiger charge is -2.21. The highest BCUT2D eigenvalue weighted by Crippen LogP contribution is 2.30. The fourth-order valence-electron chi connectivity index (χ4n) is 2.69. The van der Waals surface area contributed by atoms with E-state index in [4.69, 9.17) is 4.74 Å². The van der Waals surface area contributed by atoms with Crippen LogP contribution in [-0.4, -0.2) is 17.0 Å². The van der Waals surface area contributed by atoms with Gasteiger partial charge in [0.2, 0.25) is 5.91 Å². The fourth-order valence-corrected chi connectivity index (χ4v) is 3.58. The topological polar surface area (TPSA) is 51.2 Å². The van der Waals surface area contributed by atoms with Gasteiger partial charge >= 0.3 is 0 Å². The second-order valence-electron chi connectivity index (χ2n) is 5.81. The molecule has 0 fully saturated rings. The molecule has 0 radical (unpaired) electrons. The first-order valence-corrected chi connectivity index (χ1v) is 8.49. The summed E-state index contributed by atoms with van der Waals surface area (Å²) >= 11 is 1.65. The van der Waals surface area contributed by atoms with E-state index in [1.54, 1.807) is 11.3 Å². The minimum absolute atomic E-state index is 0.0139. The molecule has 1 heterocycles. The average Bonchev–Trinajstić information content (AvgIpc) is 2.96. The number of ether oxygens (including phenoxy) is 1. The quantitative estimate of drug-likeness (QED) is 0.936. The van der Waals surface area contributed by atoms with Crippen molar-refractivity contribution in [3.8, 4) is 5.75 Å². The maximum absolute atomic E-state index is 12.6. The molecule has 1 aromatic carbocycles. The highest BCUT2D eigenvalue weighted by atomic mass is 32.1. The molecule has 3 rings (SSSR count). The largest absolute Gasteiger partial charge is 0.489 e. The minimum Gasteiger partial charge on any atom is -0.489 e. The summed E-state index contributed by atoms with van der Waals surface area (Å²) in [7, 11) is 0. The van der Waals surface area contributed by atoms with Gasteiger partial charge < -0.3 is 10.1 Å². The predicted molar refractivity (Wildman–Crippen MR) is 88.5 cm³/mol. The molecule has 0 bridgehead atoms. The third-order valence-electron chi connectivity index (χ3n) is 3.77. The van der Waals surface area contributed by atoms with Crippen LogP contribution in [-0.2, 0) is 17.6 Å². The van der Waals surface area contributed by atoms with Gasteiger partial charge in [0.25, 0.3) is 0 Å². The monoisotopic (exact) mass is 316 g/mol. The first kappa shape index (κ1) is 15.0. The summed E-state index contributed by atoms with van der Waals surface area (Å²) in [6, 6.07) is 7.59. The van der Waals surface area contributed by atoms with Crippen LogP contribution in [0, 0.1) is 5.92 Å². The molecule has 0 saturated heterocycles. The number of nitrogens with zero attached hydrogens (tertiary/aromatic N) is 1. The number of rotatable bonds is 4. The van der Waals surface area contributed by atoms with Crippen LogP contribution in [0.4, 0.5) is 5.69 Å². The van der Waals surface area contributed by atoms with Crippen LogP contribution in [0.1, 0.15) is 30.8 Å². The van der Waals surface area contributed by atoms with Gasteiger partial charge in [-0.15, -0.1) is 11.3 Å². The summed E-state index contributed by atoms with van der Waals surface area (Å²) < 4.78 is 5.75. The Bertz CT molecular complexity index is 666. The second kappa shape index (κ2) is 6.48. The number of aromatic nitrogens is 1. The molecular formula is C17H20N2O2S. The number of nitrogens with one attached hydrogen (secondary N) is 1. The summed E-state index contributed by atoms with van der Waals surface area (Å²) in [5.41, 5.74) is 3.78. The normalized spacial score (nSPS) is 17.1. The summed E-state index contributed by atoms with van der Waals surface area (Å²) in [4.78, 5) is 18.2. The summed E-state index contributed by atoms with van der Waals surface area (Å²) in [5.74, 6) is 0.805. The lowest BCUT2D eigenvalue weighted by Crippen LogP contribution is -2.28. The van der Waals surface area contributed by atoms with E-state index in [9.17, 15) is 4.79 Å². The van der Waals surface area contributed by atoms with Crippen molar-refractivity contribution >= 4 is 22.9 Å².